The van der Waals surface area contributed by atoms with Crippen LogP contribution >= 0.6 is 0 Å². The van der Waals surface area contributed by atoms with Gasteiger partial charge in [-0.15, -0.1) is 0 Å². The van der Waals surface area contributed by atoms with Crippen LogP contribution in [0.25, 0.3) is 0 Å². The molecule has 1 aliphatic rings. The van der Waals surface area contributed by atoms with Crippen molar-refractivity contribution < 1.29 is 14.7 Å². The first-order valence-electron chi connectivity index (χ1n) is 6.35. The zero-order valence-corrected chi connectivity index (χ0v) is 11.1. The van der Waals surface area contributed by atoms with E-state index in [0.717, 1.165) is 5.56 Å². The fraction of sp³-hybridized carbons (Fsp3) is 0.429. The standard InChI is InChI=1S/C14H18N2O3/c1-3-16(2)13(19)15-11-6-4-10(5-7-11)14(8-9-14)12(17)18/h4-7H,3,8-9H2,1-2H3,(H,15,19)(H,17,18). The lowest BCUT2D eigenvalue weighted by atomic mass is 9.96. The van der Waals surface area contributed by atoms with E-state index in [4.69, 9.17) is 0 Å². The zero-order chi connectivity index (χ0) is 14.0. The molecule has 1 aliphatic carbocycles. The molecule has 1 aromatic rings. The Morgan fingerprint density at radius 3 is 2.32 bits per heavy atom. The van der Waals surface area contributed by atoms with Crippen molar-refractivity contribution in [2.45, 2.75) is 25.2 Å². The highest BCUT2D eigenvalue weighted by Crippen LogP contribution is 2.48. The summed E-state index contributed by atoms with van der Waals surface area (Å²) in [5.74, 6) is -0.769. The number of carbonyl (C=O) groups is 2. The van der Waals surface area contributed by atoms with Crippen molar-refractivity contribution in [2.24, 2.45) is 0 Å². The molecule has 5 heteroatoms. The van der Waals surface area contributed by atoms with Crippen LogP contribution in [0.5, 0.6) is 0 Å². The molecular formula is C14H18N2O3. The van der Waals surface area contributed by atoms with E-state index in [2.05, 4.69) is 5.32 Å². The molecule has 0 unspecified atom stereocenters. The molecule has 1 fully saturated rings. The van der Waals surface area contributed by atoms with E-state index < -0.39 is 11.4 Å². The summed E-state index contributed by atoms with van der Waals surface area (Å²) in [6.45, 7) is 2.53. The van der Waals surface area contributed by atoms with Crippen LogP contribution in [-0.4, -0.2) is 35.6 Å². The van der Waals surface area contributed by atoms with E-state index in [-0.39, 0.29) is 6.03 Å². The summed E-state index contributed by atoms with van der Waals surface area (Å²) in [6.07, 6.45) is 1.37. The number of aliphatic carboxylic acids is 1. The first kappa shape index (κ1) is 13.4. The van der Waals surface area contributed by atoms with Gasteiger partial charge in [0.1, 0.15) is 0 Å². The molecule has 102 valence electrons. The molecule has 19 heavy (non-hydrogen) atoms. The first-order valence-corrected chi connectivity index (χ1v) is 6.35. The van der Waals surface area contributed by atoms with Gasteiger partial charge in [0.05, 0.1) is 5.41 Å². The van der Waals surface area contributed by atoms with Crippen LogP contribution in [0.2, 0.25) is 0 Å². The van der Waals surface area contributed by atoms with Gasteiger partial charge in [0.25, 0.3) is 0 Å². The Morgan fingerprint density at radius 2 is 1.89 bits per heavy atom. The highest BCUT2D eigenvalue weighted by Gasteiger charge is 2.51. The predicted octanol–water partition coefficient (Wildman–Crippen LogP) is 2.29. The van der Waals surface area contributed by atoms with Crippen molar-refractivity contribution in [2.75, 3.05) is 18.9 Å². The summed E-state index contributed by atoms with van der Waals surface area (Å²) in [4.78, 5) is 24.4. The molecule has 0 heterocycles. The number of hydrogen-bond donors (Lipinski definition) is 2. The van der Waals surface area contributed by atoms with Gasteiger partial charge in [0.15, 0.2) is 0 Å². The number of carboxylic acid groups (broad SMARTS) is 1. The summed E-state index contributed by atoms with van der Waals surface area (Å²) < 4.78 is 0. The van der Waals surface area contributed by atoms with Crippen LogP contribution in [0.4, 0.5) is 10.5 Å². The van der Waals surface area contributed by atoms with E-state index >= 15 is 0 Å². The Balaban J connectivity index is 2.07. The summed E-state index contributed by atoms with van der Waals surface area (Å²) >= 11 is 0. The highest BCUT2D eigenvalue weighted by molar-refractivity contribution is 5.89. The number of rotatable bonds is 4. The van der Waals surface area contributed by atoms with Gasteiger partial charge in [-0.05, 0) is 37.5 Å². The number of nitrogens with one attached hydrogen (secondary N) is 1. The molecule has 0 aliphatic heterocycles. The Morgan fingerprint density at radius 1 is 1.32 bits per heavy atom. The highest BCUT2D eigenvalue weighted by atomic mass is 16.4. The molecule has 0 spiro atoms. The van der Waals surface area contributed by atoms with Gasteiger partial charge < -0.3 is 15.3 Å². The minimum atomic E-state index is -0.769. The van der Waals surface area contributed by atoms with E-state index in [9.17, 15) is 14.7 Å². The van der Waals surface area contributed by atoms with E-state index in [0.29, 0.717) is 25.1 Å². The van der Waals surface area contributed by atoms with Crippen molar-refractivity contribution in [1.82, 2.24) is 4.90 Å². The third-order valence-corrected chi connectivity index (χ3v) is 3.67. The summed E-state index contributed by atoms with van der Waals surface area (Å²) in [7, 11) is 1.72. The molecule has 0 atom stereocenters. The van der Waals surface area contributed by atoms with Crippen LogP contribution in [-0.2, 0) is 10.2 Å². The maximum Gasteiger partial charge on any atom is 0.321 e. The van der Waals surface area contributed by atoms with Crippen molar-refractivity contribution in [1.29, 1.82) is 0 Å². The lowest BCUT2D eigenvalue weighted by Gasteiger charge is -2.16. The van der Waals surface area contributed by atoms with Crippen molar-refractivity contribution >= 4 is 17.7 Å². The second-order valence-electron chi connectivity index (χ2n) is 4.91. The average molecular weight is 262 g/mol. The molecule has 0 saturated heterocycles. The van der Waals surface area contributed by atoms with Crippen molar-refractivity contribution in [3.8, 4) is 0 Å². The van der Waals surface area contributed by atoms with E-state index in [1.807, 2.05) is 6.92 Å². The maximum atomic E-state index is 11.7. The normalized spacial score (nSPS) is 15.7. The first-order chi connectivity index (χ1) is 8.99. The van der Waals surface area contributed by atoms with Gasteiger partial charge in [0, 0.05) is 19.3 Å². The van der Waals surface area contributed by atoms with E-state index in [1.54, 1.807) is 36.2 Å². The minimum absolute atomic E-state index is 0.172. The topological polar surface area (TPSA) is 69.6 Å². The molecule has 0 radical (unpaired) electrons. The van der Waals surface area contributed by atoms with Crippen molar-refractivity contribution in [3.05, 3.63) is 29.8 Å². The Hall–Kier alpha value is -2.04. The second-order valence-corrected chi connectivity index (χ2v) is 4.91. The lowest BCUT2D eigenvalue weighted by molar-refractivity contribution is -0.140. The number of nitrogens with zero attached hydrogens (tertiary/aromatic N) is 1. The smallest absolute Gasteiger partial charge is 0.321 e. The van der Waals surface area contributed by atoms with Crippen LogP contribution in [0.3, 0.4) is 0 Å². The Bertz CT molecular complexity index is 492. The largest absolute Gasteiger partial charge is 0.481 e. The van der Waals surface area contributed by atoms with Gasteiger partial charge in [-0.25, -0.2) is 4.79 Å². The molecule has 0 bridgehead atoms. The predicted molar refractivity (Wildman–Crippen MR) is 72.3 cm³/mol. The van der Waals surface area contributed by atoms with Crippen LogP contribution < -0.4 is 5.32 Å². The van der Waals surface area contributed by atoms with Gasteiger partial charge in [-0.2, -0.15) is 0 Å². The minimum Gasteiger partial charge on any atom is -0.481 e. The molecule has 1 aromatic carbocycles. The second kappa shape index (κ2) is 4.91. The number of benzene rings is 1. The van der Waals surface area contributed by atoms with Crippen LogP contribution in [0.1, 0.15) is 25.3 Å². The van der Waals surface area contributed by atoms with E-state index in [1.165, 1.54) is 0 Å². The molecule has 1 saturated carbocycles. The molecule has 0 aromatic heterocycles. The third-order valence-electron chi connectivity index (χ3n) is 3.67. The summed E-state index contributed by atoms with van der Waals surface area (Å²) in [5, 5.41) is 12.0. The lowest BCUT2D eigenvalue weighted by Crippen LogP contribution is -2.30. The number of carboxylic acids is 1. The zero-order valence-electron chi connectivity index (χ0n) is 11.1. The summed E-state index contributed by atoms with van der Waals surface area (Å²) in [5.41, 5.74) is 0.792. The average Bonchev–Trinajstić information content (AvgIpc) is 3.20. The molecular weight excluding hydrogens is 244 g/mol. The Labute approximate surface area is 112 Å². The van der Waals surface area contributed by atoms with Crippen LogP contribution in [0, 0.1) is 0 Å². The van der Waals surface area contributed by atoms with Gasteiger partial charge >= 0.3 is 12.0 Å². The Kier molecular flexibility index (Phi) is 3.46. The number of hydrogen-bond acceptors (Lipinski definition) is 2. The number of amides is 2. The quantitative estimate of drug-likeness (QED) is 0.874. The van der Waals surface area contributed by atoms with Gasteiger partial charge in [-0.1, -0.05) is 12.1 Å². The molecule has 2 N–H and O–H groups in total. The SMILES string of the molecule is CCN(C)C(=O)Nc1ccc(C2(C(=O)O)CC2)cc1. The third kappa shape index (κ3) is 2.54. The molecule has 2 rings (SSSR count). The van der Waals surface area contributed by atoms with Crippen molar-refractivity contribution in [3.63, 3.8) is 0 Å². The monoisotopic (exact) mass is 262 g/mol. The number of carbonyl (C=O) groups excluding carboxylic acids is 1. The number of anilines is 1. The van der Waals surface area contributed by atoms with Crippen LogP contribution in [0.15, 0.2) is 24.3 Å². The van der Waals surface area contributed by atoms with Gasteiger partial charge in [-0.3, -0.25) is 4.79 Å². The fourth-order valence-electron chi connectivity index (χ4n) is 1.99. The van der Waals surface area contributed by atoms with Gasteiger partial charge in [0.2, 0.25) is 0 Å². The molecule has 2 amide bonds. The molecule has 5 nitrogen and oxygen atoms in total. The fourth-order valence-corrected chi connectivity index (χ4v) is 1.99. The number of urea groups is 1. The summed E-state index contributed by atoms with van der Waals surface area (Å²) in [6, 6.07) is 6.89. The maximum absolute atomic E-state index is 11.7.